The molecule has 10 heteroatoms. The van der Waals surface area contributed by atoms with Gasteiger partial charge in [0.1, 0.15) is 29.5 Å². The molecule has 0 saturated carbocycles. The number of benzene rings is 1. The van der Waals surface area contributed by atoms with Crippen molar-refractivity contribution in [3.05, 3.63) is 39.2 Å². The van der Waals surface area contributed by atoms with Gasteiger partial charge in [-0.25, -0.2) is 4.99 Å². The van der Waals surface area contributed by atoms with Crippen molar-refractivity contribution < 1.29 is 14.3 Å². The number of halogens is 1. The average molecular weight is 476 g/mol. The fraction of sp³-hybridized carbons (Fsp3) is 0.364. The lowest BCUT2D eigenvalue weighted by atomic mass is 9.99. The van der Waals surface area contributed by atoms with Crippen LogP contribution in [-0.4, -0.2) is 58.0 Å². The summed E-state index contributed by atoms with van der Waals surface area (Å²) < 4.78 is 11.0. The van der Waals surface area contributed by atoms with Crippen LogP contribution in [0.15, 0.2) is 23.2 Å². The summed E-state index contributed by atoms with van der Waals surface area (Å²) in [6, 6.07) is 8.02. The first-order valence-corrected chi connectivity index (χ1v) is 11.0. The highest BCUT2D eigenvalue weighted by molar-refractivity contribution is 7.19. The van der Waals surface area contributed by atoms with E-state index in [1.54, 1.807) is 7.11 Å². The number of rotatable bonds is 6. The summed E-state index contributed by atoms with van der Waals surface area (Å²) in [7, 11) is 1.64. The highest BCUT2D eigenvalue weighted by Gasteiger charge is 2.29. The Morgan fingerprint density at radius 1 is 1.56 bits per heavy atom. The molecule has 32 heavy (non-hydrogen) atoms. The van der Waals surface area contributed by atoms with E-state index in [4.69, 9.17) is 37.0 Å². The number of morpholine rings is 1. The first kappa shape index (κ1) is 25.5. The van der Waals surface area contributed by atoms with Crippen molar-refractivity contribution in [2.45, 2.75) is 20.0 Å². The smallest absolute Gasteiger partial charge is 0.143 e. The van der Waals surface area contributed by atoms with E-state index in [0.717, 1.165) is 28.8 Å². The number of hydrogen-bond donors (Lipinski definition) is 2. The number of aldehydes is 1. The quantitative estimate of drug-likeness (QED) is 0.373. The Balaban J connectivity index is 0.00000114. The van der Waals surface area contributed by atoms with Crippen LogP contribution in [0.3, 0.4) is 0 Å². The molecule has 0 radical (unpaired) electrons. The van der Waals surface area contributed by atoms with E-state index in [1.165, 1.54) is 18.3 Å². The number of nitrogens with two attached hydrogens (primary N) is 1. The first-order chi connectivity index (χ1) is 15.4. The van der Waals surface area contributed by atoms with Gasteiger partial charge in [0.15, 0.2) is 0 Å². The molecular weight excluding hydrogens is 450 g/mol. The van der Waals surface area contributed by atoms with Gasteiger partial charge in [-0.2, -0.15) is 5.26 Å². The Morgan fingerprint density at radius 3 is 2.88 bits per heavy atom. The van der Waals surface area contributed by atoms with Gasteiger partial charge in [-0.1, -0.05) is 23.7 Å². The Morgan fingerprint density at radius 2 is 2.28 bits per heavy atom. The maximum Gasteiger partial charge on any atom is 0.143 e. The monoisotopic (exact) mass is 475 g/mol. The number of amidine groups is 1. The fourth-order valence-corrected chi connectivity index (χ4v) is 4.86. The van der Waals surface area contributed by atoms with Crippen molar-refractivity contribution in [2.75, 3.05) is 38.3 Å². The molecule has 1 unspecified atom stereocenters. The van der Waals surface area contributed by atoms with Crippen LogP contribution in [0.4, 0.5) is 5.00 Å². The van der Waals surface area contributed by atoms with Crippen LogP contribution < -0.4 is 10.6 Å². The van der Waals surface area contributed by atoms with Crippen LogP contribution in [0.25, 0.3) is 11.1 Å². The minimum absolute atomic E-state index is 0.0788. The van der Waals surface area contributed by atoms with Crippen molar-refractivity contribution in [3.63, 3.8) is 0 Å². The molecule has 3 rings (SSSR count). The number of ether oxygens (including phenoxy) is 2. The zero-order valence-corrected chi connectivity index (χ0v) is 19.8. The van der Waals surface area contributed by atoms with Gasteiger partial charge in [-0.05, 0) is 25.5 Å². The number of nitriles is 1. The third-order valence-corrected chi connectivity index (χ3v) is 6.20. The number of aryl methyl sites for hydroxylation is 1. The largest absolute Gasteiger partial charge is 0.382 e. The number of hydrogen-bond acceptors (Lipinski definition) is 7. The van der Waals surface area contributed by atoms with Crippen LogP contribution in [0, 0.1) is 23.7 Å². The third-order valence-electron chi connectivity index (χ3n) is 4.61. The Labute approximate surface area is 196 Å². The van der Waals surface area contributed by atoms with Crippen LogP contribution in [-0.2, 0) is 14.3 Å². The zero-order chi connectivity index (χ0) is 23.7. The second kappa shape index (κ2) is 12.3. The maximum absolute atomic E-state index is 10.0. The lowest BCUT2D eigenvalue weighted by Crippen LogP contribution is -2.44. The molecular formula is C22H26ClN5O3S. The zero-order valence-electron chi connectivity index (χ0n) is 18.2. The van der Waals surface area contributed by atoms with Gasteiger partial charge in [-0.15, -0.1) is 11.3 Å². The molecule has 1 aromatic carbocycles. The van der Waals surface area contributed by atoms with E-state index in [0.29, 0.717) is 47.3 Å². The summed E-state index contributed by atoms with van der Waals surface area (Å²) in [5.74, 6) is 0.182. The van der Waals surface area contributed by atoms with Gasteiger partial charge in [0.05, 0.1) is 29.8 Å². The summed E-state index contributed by atoms with van der Waals surface area (Å²) >= 11 is 7.91. The minimum atomic E-state index is -0.0788. The molecule has 1 aliphatic heterocycles. The molecule has 170 valence electrons. The SMILES string of the molecule is CC=O.COCC1CN(c2sc(C(N)=NC=N)c(-c3ccc(C)cc3Cl)c2C#N)CCO1. The molecule has 1 saturated heterocycles. The molecule has 3 N–H and O–H groups in total. The van der Waals surface area contributed by atoms with E-state index in [1.807, 2.05) is 25.1 Å². The average Bonchev–Trinajstić information content (AvgIpc) is 3.14. The van der Waals surface area contributed by atoms with Crippen LogP contribution >= 0.6 is 22.9 Å². The van der Waals surface area contributed by atoms with Crippen molar-refractivity contribution in [1.82, 2.24) is 0 Å². The topological polar surface area (TPSA) is 125 Å². The van der Waals surface area contributed by atoms with Gasteiger partial charge in [0, 0.05) is 36.3 Å². The van der Waals surface area contributed by atoms with E-state index >= 15 is 0 Å². The molecule has 1 fully saturated rings. The molecule has 0 amide bonds. The van der Waals surface area contributed by atoms with Crippen LogP contribution in [0.2, 0.25) is 5.02 Å². The van der Waals surface area contributed by atoms with Gasteiger partial charge >= 0.3 is 0 Å². The van der Waals surface area contributed by atoms with Crippen LogP contribution in [0.1, 0.15) is 22.9 Å². The number of thiophene rings is 1. The van der Waals surface area contributed by atoms with E-state index in [9.17, 15) is 5.26 Å². The summed E-state index contributed by atoms with van der Waals surface area (Å²) in [5, 5.41) is 18.6. The number of carbonyl (C=O) groups is 1. The molecule has 0 aliphatic carbocycles. The van der Waals surface area contributed by atoms with Gasteiger partial charge < -0.3 is 24.9 Å². The molecule has 0 bridgehead atoms. The highest BCUT2D eigenvalue weighted by atomic mass is 35.5. The highest BCUT2D eigenvalue weighted by Crippen LogP contribution is 2.44. The predicted octanol–water partition coefficient (Wildman–Crippen LogP) is 3.62. The number of methoxy groups -OCH3 is 1. The van der Waals surface area contributed by atoms with Crippen molar-refractivity contribution >= 4 is 46.4 Å². The van der Waals surface area contributed by atoms with Crippen molar-refractivity contribution in [3.8, 4) is 17.2 Å². The van der Waals surface area contributed by atoms with E-state index in [2.05, 4.69) is 16.0 Å². The van der Waals surface area contributed by atoms with E-state index in [-0.39, 0.29) is 11.9 Å². The lowest BCUT2D eigenvalue weighted by molar-refractivity contribution is -0.106. The normalized spacial score (nSPS) is 16.0. The summed E-state index contributed by atoms with van der Waals surface area (Å²) in [5.41, 5.74) is 9.04. The van der Waals surface area contributed by atoms with E-state index < -0.39 is 0 Å². The lowest BCUT2D eigenvalue weighted by Gasteiger charge is -2.33. The summed E-state index contributed by atoms with van der Waals surface area (Å²) in [4.78, 5) is 15.5. The minimum Gasteiger partial charge on any atom is -0.382 e. The summed E-state index contributed by atoms with van der Waals surface area (Å²) in [6.45, 7) is 5.67. The maximum atomic E-state index is 10.0. The molecule has 2 aromatic rings. The third kappa shape index (κ3) is 5.93. The van der Waals surface area contributed by atoms with Crippen molar-refractivity contribution in [1.29, 1.82) is 10.7 Å². The number of nitrogens with one attached hydrogen (secondary N) is 1. The Kier molecular flexibility index (Phi) is 9.81. The van der Waals surface area contributed by atoms with Crippen molar-refractivity contribution in [2.24, 2.45) is 10.7 Å². The summed E-state index contributed by atoms with van der Waals surface area (Å²) in [6.07, 6.45) is 1.56. The Bertz CT molecular complexity index is 1030. The number of carbonyl (C=O) groups excluding carboxylic acids is 1. The van der Waals surface area contributed by atoms with Gasteiger partial charge in [0.25, 0.3) is 0 Å². The van der Waals surface area contributed by atoms with Gasteiger partial charge in [0.2, 0.25) is 0 Å². The molecule has 1 aliphatic rings. The second-order valence-electron chi connectivity index (χ2n) is 6.85. The standard InChI is InChI=1S/C20H22ClN5O2S.C2H4O/c1-12-3-4-14(16(21)7-12)17-15(8-22)20(29-18(17)19(24)25-11-23)26-5-6-28-13(9-26)10-27-2;1-2-3/h3-4,7,11,13H,5-6,9-10H2,1-2H3,(H3,23,24,25);2H,1H3. The van der Waals surface area contributed by atoms with Crippen LogP contribution in [0.5, 0.6) is 0 Å². The van der Waals surface area contributed by atoms with Gasteiger partial charge in [-0.3, -0.25) is 5.41 Å². The molecule has 0 spiro atoms. The fourth-order valence-electron chi connectivity index (χ4n) is 3.32. The first-order valence-electron chi connectivity index (χ1n) is 9.82. The second-order valence-corrected chi connectivity index (χ2v) is 8.26. The Hall–Kier alpha value is -2.77. The number of aliphatic imine (C=N–C) groups is 1. The number of anilines is 1. The molecule has 8 nitrogen and oxygen atoms in total. The number of nitrogens with zero attached hydrogens (tertiary/aromatic N) is 3. The predicted molar refractivity (Wildman–Crippen MR) is 129 cm³/mol. The molecule has 2 heterocycles. The molecule has 1 atom stereocenters. The molecule has 1 aromatic heterocycles.